The molecule has 2 amide bonds. The lowest BCUT2D eigenvalue weighted by Crippen LogP contribution is -2.33. The zero-order valence-corrected chi connectivity index (χ0v) is 12.6. The van der Waals surface area contributed by atoms with Gasteiger partial charge in [-0.2, -0.15) is 0 Å². The second-order valence-corrected chi connectivity index (χ2v) is 4.71. The van der Waals surface area contributed by atoms with Crippen LogP contribution in [0.3, 0.4) is 0 Å². The number of carbonyl (C=O) groups excluding carboxylic acids is 3. The van der Waals surface area contributed by atoms with Crippen LogP contribution in [0, 0.1) is 13.8 Å². The van der Waals surface area contributed by atoms with Gasteiger partial charge in [0.2, 0.25) is 11.7 Å². The Balaban J connectivity index is 2.10. The van der Waals surface area contributed by atoms with Crippen LogP contribution in [0.4, 0.5) is 0 Å². The summed E-state index contributed by atoms with van der Waals surface area (Å²) in [6, 6.07) is 5.94. The fourth-order valence-electron chi connectivity index (χ4n) is 1.84. The summed E-state index contributed by atoms with van der Waals surface area (Å²) in [6.45, 7) is 2.97. The van der Waals surface area contributed by atoms with Crippen molar-refractivity contribution in [2.24, 2.45) is 5.73 Å². The van der Waals surface area contributed by atoms with Gasteiger partial charge >= 0.3 is 5.97 Å². The van der Waals surface area contributed by atoms with Crippen LogP contribution in [0.25, 0.3) is 0 Å². The summed E-state index contributed by atoms with van der Waals surface area (Å²) in [7, 11) is 0. The molecule has 0 aliphatic heterocycles. The standard InChI is InChI=1S/C15H15N3O5/c1-8-13(22-9(2)18-8)15(21)23-11-5-3-4-10(6-11)14(20)17-7-12(16)19/h3-6H,7H2,1-2H3,(H2,16,19)(H,17,20). The number of nitrogens with zero attached hydrogens (tertiary/aromatic N) is 1. The number of benzene rings is 1. The summed E-state index contributed by atoms with van der Waals surface area (Å²) in [6.07, 6.45) is 0. The quantitative estimate of drug-likeness (QED) is 0.618. The lowest BCUT2D eigenvalue weighted by atomic mass is 10.2. The minimum atomic E-state index is -0.710. The van der Waals surface area contributed by atoms with Crippen molar-refractivity contribution in [1.82, 2.24) is 10.3 Å². The molecular formula is C15H15N3O5. The number of carbonyl (C=O) groups is 3. The van der Waals surface area contributed by atoms with Crippen LogP contribution < -0.4 is 15.8 Å². The van der Waals surface area contributed by atoms with Crippen molar-refractivity contribution >= 4 is 17.8 Å². The number of ether oxygens (including phenoxy) is 1. The Labute approximate surface area is 131 Å². The maximum atomic E-state index is 12.0. The molecule has 0 aliphatic rings. The Hall–Kier alpha value is -3.16. The molecule has 8 nitrogen and oxygen atoms in total. The van der Waals surface area contributed by atoms with E-state index in [-0.39, 0.29) is 23.6 Å². The number of rotatable bonds is 5. The van der Waals surface area contributed by atoms with E-state index >= 15 is 0 Å². The van der Waals surface area contributed by atoms with Gasteiger partial charge in [0, 0.05) is 12.5 Å². The number of hydrogen-bond donors (Lipinski definition) is 2. The van der Waals surface area contributed by atoms with Crippen LogP contribution in [0.15, 0.2) is 28.7 Å². The van der Waals surface area contributed by atoms with E-state index < -0.39 is 17.8 Å². The summed E-state index contributed by atoms with van der Waals surface area (Å²) in [5.41, 5.74) is 5.60. The summed E-state index contributed by atoms with van der Waals surface area (Å²) in [5, 5.41) is 2.34. The molecule has 0 unspecified atom stereocenters. The predicted molar refractivity (Wildman–Crippen MR) is 78.9 cm³/mol. The molecule has 0 radical (unpaired) electrons. The lowest BCUT2D eigenvalue weighted by Gasteiger charge is -2.06. The molecule has 2 rings (SSSR count). The first kappa shape index (κ1) is 16.2. The van der Waals surface area contributed by atoms with Gasteiger partial charge in [-0.15, -0.1) is 0 Å². The first-order valence-electron chi connectivity index (χ1n) is 6.69. The Morgan fingerprint density at radius 2 is 2.04 bits per heavy atom. The number of primary amides is 1. The largest absolute Gasteiger partial charge is 0.434 e. The van der Waals surface area contributed by atoms with E-state index in [1.807, 2.05) is 0 Å². The van der Waals surface area contributed by atoms with Crippen LogP contribution >= 0.6 is 0 Å². The third-order valence-electron chi connectivity index (χ3n) is 2.82. The van der Waals surface area contributed by atoms with Gasteiger partial charge in [-0.3, -0.25) is 9.59 Å². The number of nitrogens with one attached hydrogen (secondary N) is 1. The SMILES string of the molecule is Cc1nc(C)c(C(=O)Oc2cccc(C(=O)NCC(N)=O)c2)o1. The van der Waals surface area contributed by atoms with Gasteiger partial charge in [0.1, 0.15) is 5.75 Å². The minimum Gasteiger partial charge on any atom is -0.434 e. The van der Waals surface area contributed by atoms with Gasteiger partial charge in [-0.1, -0.05) is 6.07 Å². The molecule has 3 N–H and O–H groups in total. The molecule has 1 aromatic heterocycles. The van der Waals surface area contributed by atoms with Crippen molar-refractivity contribution in [3.63, 3.8) is 0 Å². The molecule has 1 heterocycles. The summed E-state index contributed by atoms with van der Waals surface area (Å²) in [5.74, 6) is -1.35. The van der Waals surface area contributed by atoms with E-state index in [2.05, 4.69) is 10.3 Å². The topological polar surface area (TPSA) is 125 Å². The second-order valence-electron chi connectivity index (χ2n) is 4.71. The number of oxazole rings is 1. The van der Waals surface area contributed by atoms with E-state index in [0.29, 0.717) is 11.6 Å². The van der Waals surface area contributed by atoms with E-state index in [1.54, 1.807) is 19.9 Å². The fraction of sp³-hybridized carbons (Fsp3) is 0.200. The van der Waals surface area contributed by atoms with Crippen LogP contribution in [-0.4, -0.2) is 29.3 Å². The molecule has 0 spiro atoms. The van der Waals surface area contributed by atoms with E-state index in [9.17, 15) is 14.4 Å². The zero-order valence-electron chi connectivity index (χ0n) is 12.6. The first-order valence-corrected chi connectivity index (χ1v) is 6.69. The maximum Gasteiger partial charge on any atom is 0.381 e. The maximum absolute atomic E-state index is 12.0. The van der Waals surface area contributed by atoms with Crippen molar-refractivity contribution in [2.75, 3.05) is 6.54 Å². The Kier molecular flexibility index (Phi) is 4.75. The Morgan fingerprint density at radius 3 is 2.65 bits per heavy atom. The molecule has 1 aromatic carbocycles. The van der Waals surface area contributed by atoms with Gasteiger partial charge < -0.3 is 20.2 Å². The smallest absolute Gasteiger partial charge is 0.381 e. The molecule has 23 heavy (non-hydrogen) atoms. The van der Waals surface area contributed by atoms with Crippen LogP contribution in [-0.2, 0) is 4.79 Å². The summed E-state index contributed by atoms with van der Waals surface area (Å²) < 4.78 is 10.3. The van der Waals surface area contributed by atoms with Crippen molar-refractivity contribution in [1.29, 1.82) is 0 Å². The van der Waals surface area contributed by atoms with Crippen molar-refractivity contribution in [2.45, 2.75) is 13.8 Å². The van der Waals surface area contributed by atoms with Gasteiger partial charge in [0.05, 0.1) is 12.2 Å². The van der Waals surface area contributed by atoms with Gasteiger partial charge in [-0.25, -0.2) is 9.78 Å². The Morgan fingerprint density at radius 1 is 1.30 bits per heavy atom. The molecule has 8 heteroatoms. The Bertz CT molecular complexity index is 766. The monoisotopic (exact) mass is 317 g/mol. The third kappa shape index (κ3) is 4.16. The molecular weight excluding hydrogens is 302 g/mol. The number of amides is 2. The number of nitrogens with two attached hydrogens (primary N) is 1. The normalized spacial score (nSPS) is 10.2. The number of aryl methyl sites for hydroxylation is 2. The molecule has 0 saturated carbocycles. The van der Waals surface area contributed by atoms with Gasteiger partial charge in [-0.05, 0) is 25.1 Å². The lowest BCUT2D eigenvalue weighted by molar-refractivity contribution is -0.117. The highest BCUT2D eigenvalue weighted by Crippen LogP contribution is 2.17. The first-order chi connectivity index (χ1) is 10.9. The average Bonchev–Trinajstić information content (AvgIpc) is 2.83. The van der Waals surface area contributed by atoms with Crippen molar-refractivity contribution in [3.05, 3.63) is 47.2 Å². The fourth-order valence-corrected chi connectivity index (χ4v) is 1.84. The molecule has 0 fully saturated rings. The number of esters is 1. The van der Waals surface area contributed by atoms with Crippen LogP contribution in [0.1, 0.15) is 32.5 Å². The average molecular weight is 317 g/mol. The second kappa shape index (κ2) is 6.73. The van der Waals surface area contributed by atoms with E-state index in [0.717, 1.165) is 0 Å². The van der Waals surface area contributed by atoms with E-state index in [4.69, 9.17) is 14.9 Å². The highest BCUT2D eigenvalue weighted by Gasteiger charge is 2.18. The summed E-state index contributed by atoms with van der Waals surface area (Å²) >= 11 is 0. The molecule has 0 aliphatic carbocycles. The molecule has 0 saturated heterocycles. The van der Waals surface area contributed by atoms with Gasteiger partial charge in [0.15, 0.2) is 5.89 Å². The van der Waals surface area contributed by atoms with Gasteiger partial charge in [0.25, 0.3) is 5.91 Å². The highest BCUT2D eigenvalue weighted by molar-refractivity contribution is 5.97. The highest BCUT2D eigenvalue weighted by atomic mass is 16.5. The number of aromatic nitrogens is 1. The third-order valence-corrected chi connectivity index (χ3v) is 2.82. The molecule has 0 bridgehead atoms. The zero-order chi connectivity index (χ0) is 17.0. The molecule has 2 aromatic rings. The van der Waals surface area contributed by atoms with E-state index in [1.165, 1.54) is 18.2 Å². The number of hydrogen-bond acceptors (Lipinski definition) is 6. The van der Waals surface area contributed by atoms with Crippen LogP contribution in [0.5, 0.6) is 5.75 Å². The van der Waals surface area contributed by atoms with Crippen molar-refractivity contribution < 1.29 is 23.5 Å². The summed E-state index contributed by atoms with van der Waals surface area (Å²) in [4.78, 5) is 38.5. The molecule has 0 atom stereocenters. The van der Waals surface area contributed by atoms with Crippen LogP contribution in [0.2, 0.25) is 0 Å². The predicted octanol–water partition coefficient (Wildman–Crippen LogP) is 0.726. The minimum absolute atomic E-state index is 0.00563. The molecule has 120 valence electrons. The van der Waals surface area contributed by atoms with Crippen molar-refractivity contribution in [3.8, 4) is 5.75 Å².